The number of thiazole rings is 1. The molecule has 0 unspecified atom stereocenters. The first kappa shape index (κ1) is 20.9. The molecule has 33 heavy (non-hydrogen) atoms. The number of nitrogens with zero attached hydrogens (tertiary/aromatic N) is 2. The van der Waals surface area contributed by atoms with Gasteiger partial charge in [0.2, 0.25) is 0 Å². The van der Waals surface area contributed by atoms with E-state index in [9.17, 15) is 9.90 Å². The van der Waals surface area contributed by atoms with Gasteiger partial charge >= 0.3 is 0 Å². The van der Waals surface area contributed by atoms with Crippen molar-refractivity contribution in [2.75, 3.05) is 0 Å². The average molecular weight is 511 g/mol. The van der Waals surface area contributed by atoms with Crippen LogP contribution in [-0.4, -0.2) is 9.67 Å². The highest BCUT2D eigenvalue weighted by Crippen LogP contribution is 2.42. The summed E-state index contributed by atoms with van der Waals surface area (Å²) >= 11 is 15.2. The van der Waals surface area contributed by atoms with Crippen molar-refractivity contribution in [3.05, 3.63) is 111 Å². The van der Waals surface area contributed by atoms with Crippen LogP contribution >= 0.6 is 45.9 Å². The van der Waals surface area contributed by atoms with Crippen molar-refractivity contribution in [1.29, 1.82) is 0 Å². The van der Waals surface area contributed by atoms with Gasteiger partial charge in [-0.2, -0.15) is 0 Å². The predicted molar refractivity (Wildman–Crippen MR) is 135 cm³/mol. The molecule has 164 valence electrons. The molecule has 3 heterocycles. The Morgan fingerprint density at radius 1 is 1.12 bits per heavy atom. The van der Waals surface area contributed by atoms with Crippen LogP contribution in [0.2, 0.25) is 10.0 Å². The van der Waals surface area contributed by atoms with Crippen molar-refractivity contribution in [2.24, 2.45) is 4.99 Å². The van der Waals surface area contributed by atoms with E-state index in [1.807, 2.05) is 17.5 Å². The van der Waals surface area contributed by atoms with E-state index in [-0.39, 0.29) is 22.4 Å². The number of aryl methyl sites for hydroxylation is 1. The predicted octanol–water partition coefficient (Wildman–Crippen LogP) is 5.39. The zero-order valence-corrected chi connectivity index (χ0v) is 20.2. The fraction of sp³-hybridized carbons (Fsp3) is 0.120. The molecular formula is C25H16Cl2N2O2S2. The van der Waals surface area contributed by atoms with Crippen LogP contribution in [0.5, 0.6) is 5.75 Å². The fourth-order valence-corrected chi connectivity index (χ4v) is 6.90. The third-order valence-electron chi connectivity index (χ3n) is 6.03. The number of benzene rings is 2. The average Bonchev–Trinajstić information content (AvgIpc) is 3.44. The van der Waals surface area contributed by atoms with Crippen LogP contribution < -0.4 is 14.9 Å². The van der Waals surface area contributed by atoms with Gasteiger partial charge in [0.15, 0.2) is 4.80 Å². The Morgan fingerprint density at radius 2 is 1.97 bits per heavy atom. The Morgan fingerprint density at radius 3 is 2.79 bits per heavy atom. The van der Waals surface area contributed by atoms with Crippen molar-refractivity contribution < 1.29 is 5.11 Å². The van der Waals surface area contributed by atoms with Gasteiger partial charge in [0.1, 0.15) is 5.75 Å². The topological polar surface area (TPSA) is 54.6 Å². The quantitative estimate of drug-likeness (QED) is 0.392. The molecule has 2 aromatic carbocycles. The maximum Gasteiger partial charge on any atom is 0.271 e. The SMILES string of the molecule is O=c1/c(=C\c2cc(Cl)cc(Cl)c2O)sc2n1[C@@H](c1cccs1)C1=C(N=2)c2ccccc2CC1. The van der Waals surface area contributed by atoms with Crippen molar-refractivity contribution in [2.45, 2.75) is 18.9 Å². The first-order valence-corrected chi connectivity index (χ1v) is 12.8. The molecule has 0 amide bonds. The first-order valence-electron chi connectivity index (χ1n) is 10.4. The van der Waals surface area contributed by atoms with Gasteiger partial charge < -0.3 is 5.11 Å². The number of fused-ring (bicyclic) bond motifs is 3. The van der Waals surface area contributed by atoms with Crippen LogP contribution in [0.4, 0.5) is 0 Å². The molecular weight excluding hydrogens is 495 g/mol. The molecule has 1 atom stereocenters. The number of thiophene rings is 1. The van der Waals surface area contributed by atoms with E-state index in [0.29, 0.717) is 19.9 Å². The highest BCUT2D eigenvalue weighted by atomic mass is 35.5. The molecule has 0 saturated carbocycles. The van der Waals surface area contributed by atoms with Crippen molar-refractivity contribution in [3.8, 4) is 5.75 Å². The molecule has 2 aliphatic rings. The number of phenolic OH excluding ortho intramolecular Hbond substituents is 1. The smallest absolute Gasteiger partial charge is 0.271 e. The van der Waals surface area contributed by atoms with Crippen LogP contribution in [0, 0.1) is 0 Å². The number of hydrogen-bond acceptors (Lipinski definition) is 5. The Hall–Kier alpha value is -2.64. The Balaban J connectivity index is 1.63. The lowest BCUT2D eigenvalue weighted by atomic mass is 9.85. The molecule has 0 fully saturated rings. The summed E-state index contributed by atoms with van der Waals surface area (Å²) in [5, 5.41) is 13.0. The Bertz CT molecular complexity index is 1630. The molecule has 4 nitrogen and oxygen atoms in total. The number of aromatic nitrogens is 1. The maximum absolute atomic E-state index is 13.6. The van der Waals surface area contributed by atoms with E-state index in [1.54, 1.807) is 28.0 Å². The number of halogens is 2. The Kier molecular flexibility index (Phi) is 5.07. The van der Waals surface area contributed by atoms with Crippen molar-refractivity contribution in [3.63, 3.8) is 0 Å². The van der Waals surface area contributed by atoms with Gasteiger partial charge in [-0.15, -0.1) is 11.3 Å². The number of phenols is 1. The summed E-state index contributed by atoms with van der Waals surface area (Å²) in [4.78, 5) is 20.4. The summed E-state index contributed by atoms with van der Waals surface area (Å²) in [7, 11) is 0. The molecule has 0 saturated heterocycles. The zero-order chi connectivity index (χ0) is 22.7. The Labute approximate surface area is 207 Å². The van der Waals surface area contributed by atoms with Gasteiger partial charge in [-0.25, -0.2) is 4.99 Å². The van der Waals surface area contributed by atoms with Crippen molar-refractivity contribution in [1.82, 2.24) is 4.57 Å². The third-order valence-corrected chi connectivity index (χ3v) is 8.44. The molecule has 6 rings (SSSR count). The highest BCUT2D eigenvalue weighted by molar-refractivity contribution is 7.10. The summed E-state index contributed by atoms with van der Waals surface area (Å²) in [5.41, 5.74) is 4.82. The normalized spacial score (nSPS) is 17.4. The minimum absolute atomic E-state index is 0.102. The van der Waals surface area contributed by atoms with Gasteiger partial charge in [0.05, 0.1) is 21.3 Å². The molecule has 0 bridgehead atoms. The second-order valence-electron chi connectivity index (χ2n) is 7.95. The first-order chi connectivity index (χ1) is 16.0. The largest absolute Gasteiger partial charge is 0.506 e. The molecule has 0 radical (unpaired) electrons. The molecule has 2 aromatic heterocycles. The van der Waals surface area contributed by atoms with Gasteiger partial charge in [-0.3, -0.25) is 9.36 Å². The number of aromatic hydroxyl groups is 1. The molecule has 1 N–H and O–H groups in total. The summed E-state index contributed by atoms with van der Waals surface area (Å²) in [5.74, 6) is -0.102. The molecule has 4 aromatic rings. The lowest BCUT2D eigenvalue weighted by molar-refractivity contribution is 0.474. The van der Waals surface area contributed by atoms with Gasteiger partial charge in [-0.1, -0.05) is 64.9 Å². The number of rotatable bonds is 2. The number of hydrogen-bond donors (Lipinski definition) is 1. The molecule has 1 aliphatic carbocycles. The third kappa shape index (κ3) is 3.40. The summed E-state index contributed by atoms with van der Waals surface area (Å²) in [6.45, 7) is 0. The van der Waals surface area contributed by atoms with Crippen LogP contribution in [0.3, 0.4) is 0 Å². The lowest BCUT2D eigenvalue weighted by Crippen LogP contribution is -2.38. The van der Waals surface area contributed by atoms with Crippen molar-refractivity contribution >= 4 is 57.6 Å². The fourth-order valence-electron chi connectivity index (χ4n) is 4.56. The minimum atomic E-state index is -0.191. The van der Waals surface area contributed by atoms with E-state index in [2.05, 4.69) is 24.3 Å². The molecule has 8 heteroatoms. The molecule has 0 spiro atoms. The molecule has 1 aliphatic heterocycles. The highest BCUT2D eigenvalue weighted by Gasteiger charge is 2.33. The van der Waals surface area contributed by atoms with E-state index in [4.69, 9.17) is 28.2 Å². The summed E-state index contributed by atoms with van der Waals surface area (Å²) < 4.78 is 2.26. The van der Waals surface area contributed by atoms with E-state index < -0.39 is 0 Å². The van der Waals surface area contributed by atoms with Gasteiger partial charge in [0, 0.05) is 21.0 Å². The van der Waals surface area contributed by atoms with Gasteiger partial charge in [-0.05, 0) is 53.6 Å². The zero-order valence-electron chi connectivity index (χ0n) is 17.1. The van der Waals surface area contributed by atoms with E-state index >= 15 is 0 Å². The second-order valence-corrected chi connectivity index (χ2v) is 10.8. The number of allylic oxidation sites excluding steroid dienone is 1. The van der Waals surface area contributed by atoms with E-state index in [1.165, 1.54) is 28.5 Å². The van der Waals surface area contributed by atoms with Gasteiger partial charge in [0.25, 0.3) is 5.56 Å². The lowest BCUT2D eigenvalue weighted by Gasteiger charge is -2.30. The van der Waals surface area contributed by atoms with Crippen LogP contribution in [0.1, 0.15) is 34.0 Å². The minimum Gasteiger partial charge on any atom is -0.506 e. The summed E-state index contributed by atoms with van der Waals surface area (Å²) in [6, 6.07) is 15.3. The van der Waals surface area contributed by atoms with Crippen LogP contribution in [0.25, 0.3) is 11.8 Å². The maximum atomic E-state index is 13.6. The monoisotopic (exact) mass is 510 g/mol. The second kappa shape index (κ2) is 7.99. The summed E-state index contributed by atoms with van der Waals surface area (Å²) in [6.07, 6.45) is 3.41. The van der Waals surface area contributed by atoms with Crippen LogP contribution in [-0.2, 0) is 6.42 Å². The standard InChI is InChI=1S/C25H16Cl2N2O2S2/c26-15-10-14(23(30)18(27)12-15)11-20-24(31)29-22(19-6-3-9-32-19)17-8-7-13-4-1-2-5-16(13)21(17)28-25(29)33-20/h1-6,9-12,22,30H,7-8H2/b20-11+/t22-/m1/s1. The van der Waals surface area contributed by atoms with Crippen LogP contribution in [0.15, 0.2) is 69.3 Å². The van der Waals surface area contributed by atoms with E-state index in [0.717, 1.165) is 29.0 Å².